The van der Waals surface area contributed by atoms with Crippen molar-refractivity contribution in [3.8, 4) is 0 Å². The highest BCUT2D eigenvalue weighted by molar-refractivity contribution is 7.99. The Morgan fingerprint density at radius 2 is 1.49 bits per heavy atom. The Hall–Kier alpha value is -2.18. The lowest BCUT2D eigenvalue weighted by atomic mass is 10.0. The van der Waals surface area contributed by atoms with Crippen molar-refractivity contribution in [2.45, 2.75) is 38.6 Å². The van der Waals surface area contributed by atoms with Crippen molar-refractivity contribution in [1.29, 1.82) is 0 Å². The number of carbonyl (C=O) groups is 2. The topological polar surface area (TPSA) is 49.4 Å². The second kappa shape index (κ2) is 14.7. The summed E-state index contributed by atoms with van der Waals surface area (Å²) >= 11 is 20.5. The molecule has 3 aromatic rings. The first-order valence-electron chi connectivity index (χ1n) is 12.1. The van der Waals surface area contributed by atoms with Crippen LogP contribution in [0.3, 0.4) is 0 Å². The predicted molar refractivity (Wildman–Crippen MR) is 156 cm³/mol. The fourth-order valence-electron chi connectivity index (χ4n) is 3.78. The van der Waals surface area contributed by atoms with Crippen molar-refractivity contribution in [3.05, 3.63) is 105 Å². The van der Waals surface area contributed by atoms with Crippen LogP contribution >= 0.6 is 46.6 Å². The number of hydrogen-bond donors (Lipinski definition) is 1. The van der Waals surface area contributed by atoms with Gasteiger partial charge < -0.3 is 10.2 Å². The van der Waals surface area contributed by atoms with Crippen molar-refractivity contribution in [2.75, 3.05) is 12.3 Å². The third kappa shape index (κ3) is 8.96. The molecule has 1 atom stereocenters. The molecule has 4 nitrogen and oxygen atoms in total. The second-order valence-corrected chi connectivity index (χ2v) is 11.4. The van der Waals surface area contributed by atoms with Gasteiger partial charge in [-0.05, 0) is 40.8 Å². The molecule has 37 heavy (non-hydrogen) atoms. The molecule has 2 amide bonds. The molecule has 3 rings (SSSR count). The summed E-state index contributed by atoms with van der Waals surface area (Å²) in [6.45, 7) is 4.82. The van der Waals surface area contributed by atoms with Gasteiger partial charge in [0.15, 0.2) is 0 Å². The summed E-state index contributed by atoms with van der Waals surface area (Å²) in [5.74, 6) is 0.581. The van der Waals surface area contributed by atoms with Crippen molar-refractivity contribution >= 4 is 58.4 Å². The Morgan fingerprint density at radius 1 is 0.865 bits per heavy atom. The molecule has 0 aliphatic rings. The molecule has 0 saturated carbocycles. The molecular weight excluding hydrogens is 547 g/mol. The first kappa shape index (κ1) is 29.4. The molecule has 0 heterocycles. The number of rotatable bonds is 12. The molecule has 8 heteroatoms. The summed E-state index contributed by atoms with van der Waals surface area (Å²) in [7, 11) is 0. The maximum Gasteiger partial charge on any atom is 0.243 e. The molecule has 0 spiro atoms. The van der Waals surface area contributed by atoms with Gasteiger partial charge in [0.05, 0.1) is 5.75 Å². The highest BCUT2D eigenvalue weighted by atomic mass is 35.5. The van der Waals surface area contributed by atoms with Gasteiger partial charge in [-0.2, -0.15) is 0 Å². The van der Waals surface area contributed by atoms with Gasteiger partial charge in [0, 0.05) is 40.3 Å². The summed E-state index contributed by atoms with van der Waals surface area (Å²) in [5.41, 5.74) is 2.54. The third-order valence-electron chi connectivity index (χ3n) is 5.79. The average Bonchev–Trinajstić information content (AvgIpc) is 2.88. The van der Waals surface area contributed by atoms with E-state index < -0.39 is 6.04 Å². The fraction of sp³-hybridized carbons (Fsp3) is 0.310. The zero-order valence-corrected chi connectivity index (χ0v) is 24.0. The van der Waals surface area contributed by atoms with E-state index in [4.69, 9.17) is 34.8 Å². The van der Waals surface area contributed by atoms with Crippen LogP contribution < -0.4 is 5.32 Å². The van der Waals surface area contributed by atoms with Crippen molar-refractivity contribution in [1.82, 2.24) is 10.2 Å². The Kier molecular flexibility index (Phi) is 11.7. The van der Waals surface area contributed by atoms with Crippen LogP contribution in [0.2, 0.25) is 15.1 Å². The van der Waals surface area contributed by atoms with E-state index in [-0.39, 0.29) is 30.0 Å². The van der Waals surface area contributed by atoms with Crippen LogP contribution in [-0.4, -0.2) is 35.1 Å². The van der Waals surface area contributed by atoms with Crippen LogP contribution in [0.1, 0.15) is 30.5 Å². The minimum Gasteiger partial charge on any atom is -0.354 e. The van der Waals surface area contributed by atoms with Crippen molar-refractivity contribution in [3.63, 3.8) is 0 Å². The average molecular weight is 578 g/mol. The van der Waals surface area contributed by atoms with Crippen LogP contribution in [0, 0.1) is 5.92 Å². The smallest absolute Gasteiger partial charge is 0.243 e. The predicted octanol–water partition coefficient (Wildman–Crippen LogP) is 7.29. The first-order valence-corrected chi connectivity index (χ1v) is 14.4. The molecule has 0 bridgehead atoms. The molecule has 196 valence electrons. The second-order valence-electron chi connectivity index (χ2n) is 9.15. The van der Waals surface area contributed by atoms with Gasteiger partial charge in [0.1, 0.15) is 6.04 Å². The standard InChI is InChI=1S/C29H31Cl3N2O2S/c1-20(2)16-33-29(36)27(15-21-9-4-3-5-10-21)34(17-22-11-6-7-12-24(22)30)28(35)19-37-18-23-25(31)13-8-14-26(23)32/h3-14,20,27H,15-19H2,1-2H3,(H,33,36)/t27-/m0/s1. The maximum absolute atomic E-state index is 13.7. The normalized spacial score (nSPS) is 11.8. The Balaban J connectivity index is 1.87. The van der Waals surface area contributed by atoms with Crippen LogP contribution in [0.4, 0.5) is 0 Å². The third-order valence-corrected chi connectivity index (χ3v) is 7.81. The molecule has 0 saturated heterocycles. The number of nitrogens with zero attached hydrogens (tertiary/aromatic N) is 1. The molecule has 1 N–H and O–H groups in total. The Morgan fingerprint density at radius 3 is 2.14 bits per heavy atom. The SMILES string of the molecule is CC(C)CNC(=O)[C@H](Cc1ccccc1)N(Cc1ccccc1Cl)C(=O)CSCc1c(Cl)cccc1Cl. The van der Waals surface area contributed by atoms with Crippen molar-refractivity contribution in [2.24, 2.45) is 5.92 Å². The molecule has 0 aliphatic heterocycles. The fourth-order valence-corrected chi connectivity index (χ4v) is 5.62. The van der Waals surface area contributed by atoms with Gasteiger partial charge in [-0.25, -0.2) is 0 Å². The summed E-state index contributed by atoms with van der Waals surface area (Å²) in [6.07, 6.45) is 0.391. The highest BCUT2D eigenvalue weighted by Gasteiger charge is 2.30. The van der Waals surface area contributed by atoms with Crippen LogP contribution in [0.25, 0.3) is 0 Å². The molecular formula is C29H31Cl3N2O2S. The maximum atomic E-state index is 13.7. The van der Waals surface area contributed by atoms with E-state index in [2.05, 4.69) is 5.32 Å². The van der Waals surface area contributed by atoms with Crippen LogP contribution in [-0.2, 0) is 28.3 Å². The van der Waals surface area contributed by atoms with Crippen LogP contribution in [0.15, 0.2) is 72.8 Å². The molecule has 0 radical (unpaired) electrons. The summed E-state index contributed by atoms with van der Waals surface area (Å²) < 4.78 is 0. The van der Waals surface area contributed by atoms with E-state index in [0.717, 1.165) is 16.7 Å². The van der Waals surface area contributed by atoms with Gasteiger partial charge in [0.25, 0.3) is 0 Å². The van der Waals surface area contributed by atoms with Crippen molar-refractivity contribution < 1.29 is 9.59 Å². The lowest BCUT2D eigenvalue weighted by molar-refractivity contribution is -0.139. The number of carbonyl (C=O) groups excluding carboxylic acids is 2. The largest absolute Gasteiger partial charge is 0.354 e. The van der Waals surface area contributed by atoms with Gasteiger partial charge in [-0.3, -0.25) is 9.59 Å². The summed E-state index contributed by atoms with van der Waals surface area (Å²) in [4.78, 5) is 28.8. The van der Waals surface area contributed by atoms with E-state index in [9.17, 15) is 9.59 Å². The monoisotopic (exact) mass is 576 g/mol. The minimum absolute atomic E-state index is 0.159. The quantitative estimate of drug-likeness (QED) is 0.246. The zero-order chi connectivity index (χ0) is 26.8. The summed E-state index contributed by atoms with van der Waals surface area (Å²) in [6, 6.07) is 21.8. The minimum atomic E-state index is -0.700. The first-order chi connectivity index (χ1) is 17.8. The number of hydrogen-bond acceptors (Lipinski definition) is 3. The number of thioether (sulfide) groups is 1. The number of benzene rings is 3. The van der Waals surface area contributed by atoms with Gasteiger partial charge in [-0.15, -0.1) is 11.8 Å². The zero-order valence-electron chi connectivity index (χ0n) is 20.9. The number of nitrogens with one attached hydrogen (secondary N) is 1. The molecule has 0 aromatic heterocycles. The van der Waals surface area contributed by atoms with E-state index in [1.54, 1.807) is 29.2 Å². The van der Waals surface area contributed by atoms with E-state index >= 15 is 0 Å². The van der Waals surface area contributed by atoms with E-state index in [1.807, 2.05) is 62.4 Å². The number of amides is 2. The highest BCUT2D eigenvalue weighted by Crippen LogP contribution is 2.29. The molecule has 3 aromatic carbocycles. The lowest BCUT2D eigenvalue weighted by Crippen LogP contribution is -2.51. The van der Waals surface area contributed by atoms with E-state index in [0.29, 0.717) is 33.8 Å². The molecule has 0 aliphatic carbocycles. The van der Waals surface area contributed by atoms with Gasteiger partial charge in [0.2, 0.25) is 11.8 Å². The lowest BCUT2D eigenvalue weighted by Gasteiger charge is -2.32. The van der Waals surface area contributed by atoms with Crippen LogP contribution in [0.5, 0.6) is 0 Å². The Labute approximate surface area is 238 Å². The number of halogens is 3. The Bertz CT molecular complexity index is 1170. The van der Waals surface area contributed by atoms with Gasteiger partial charge >= 0.3 is 0 Å². The van der Waals surface area contributed by atoms with Gasteiger partial charge in [-0.1, -0.05) is 103 Å². The van der Waals surface area contributed by atoms with E-state index in [1.165, 1.54) is 11.8 Å². The molecule has 0 fully saturated rings. The molecule has 0 unspecified atom stereocenters. The summed E-state index contributed by atoms with van der Waals surface area (Å²) in [5, 5.41) is 4.71.